The number of nitrogens with zero attached hydrogens (tertiary/aromatic N) is 4. The molecule has 0 N–H and O–H groups in total. The van der Waals surface area contributed by atoms with Gasteiger partial charge in [-0.25, -0.2) is 4.79 Å². The minimum atomic E-state index is -0.525. The lowest BCUT2D eigenvalue weighted by atomic mass is 10.3. The van der Waals surface area contributed by atoms with E-state index in [2.05, 4.69) is 10.2 Å². The Labute approximate surface area is 108 Å². The fourth-order valence-corrected chi connectivity index (χ4v) is 1.85. The Morgan fingerprint density at radius 1 is 1.21 bits per heavy atom. The Balaban J connectivity index is 2.29. The van der Waals surface area contributed by atoms with Gasteiger partial charge in [-0.15, -0.1) is 0 Å². The Bertz CT molecular complexity index is 737. The lowest BCUT2D eigenvalue weighted by molar-refractivity contribution is -0.631. The van der Waals surface area contributed by atoms with Crippen LogP contribution in [0.1, 0.15) is 10.6 Å². The van der Waals surface area contributed by atoms with E-state index in [1.165, 1.54) is 11.6 Å². The molecule has 2 aromatic heterocycles. The molecule has 1 aromatic carbocycles. The van der Waals surface area contributed by atoms with E-state index < -0.39 is 5.97 Å². The second kappa shape index (κ2) is 4.49. The van der Waals surface area contributed by atoms with Gasteiger partial charge in [-0.2, -0.15) is 0 Å². The van der Waals surface area contributed by atoms with Gasteiger partial charge in [0.2, 0.25) is 0 Å². The van der Waals surface area contributed by atoms with Crippen LogP contribution in [-0.2, 0) is 4.74 Å². The summed E-state index contributed by atoms with van der Waals surface area (Å²) in [6, 6.07) is 13.2. The van der Waals surface area contributed by atoms with Crippen molar-refractivity contribution in [1.29, 1.82) is 0 Å². The molecule has 0 bridgehead atoms. The van der Waals surface area contributed by atoms with Crippen LogP contribution in [0.5, 0.6) is 0 Å². The zero-order valence-corrected chi connectivity index (χ0v) is 10.2. The highest BCUT2D eigenvalue weighted by Gasteiger charge is 2.27. The standard InChI is InChI=1S/C13H11N4O2/c1-19-13(18)12-15-16(10-6-3-2-4-7-10)11-8-5-9-14-17(11)12/h2-9H,1H3/q+1. The second-order valence-electron chi connectivity index (χ2n) is 3.86. The van der Waals surface area contributed by atoms with E-state index in [0.717, 1.165) is 5.69 Å². The summed E-state index contributed by atoms with van der Waals surface area (Å²) in [4.78, 5) is 11.7. The van der Waals surface area contributed by atoms with Gasteiger partial charge in [0.05, 0.1) is 13.3 Å². The largest absolute Gasteiger partial charge is 0.461 e. The third-order valence-corrected chi connectivity index (χ3v) is 2.71. The molecule has 0 amide bonds. The number of hydrogen-bond acceptors (Lipinski definition) is 4. The molecule has 0 spiro atoms. The topological polar surface area (TPSA) is 60.4 Å². The van der Waals surface area contributed by atoms with Gasteiger partial charge in [-0.1, -0.05) is 32.5 Å². The SMILES string of the molecule is COC(=O)c1n[n+](-c2ccccc2)c2cccnn12. The molecule has 0 aliphatic carbocycles. The van der Waals surface area contributed by atoms with Crippen molar-refractivity contribution in [3.05, 3.63) is 54.5 Å². The molecule has 2 heterocycles. The quantitative estimate of drug-likeness (QED) is 0.502. The minimum Gasteiger partial charge on any atom is -0.461 e. The van der Waals surface area contributed by atoms with Crippen LogP contribution in [0, 0.1) is 0 Å². The first-order chi connectivity index (χ1) is 9.31. The molecule has 3 aromatic rings. The molecule has 0 saturated heterocycles. The first kappa shape index (κ1) is 11.3. The van der Waals surface area contributed by atoms with Crippen LogP contribution in [0.3, 0.4) is 0 Å². The minimum absolute atomic E-state index is 0.141. The number of esters is 1. The molecule has 94 valence electrons. The number of fused-ring (bicyclic) bond motifs is 1. The summed E-state index contributed by atoms with van der Waals surface area (Å²) in [5, 5.41) is 8.40. The van der Waals surface area contributed by atoms with Crippen LogP contribution in [0.15, 0.2) is 48.7 Å². The van der Waals surface area contributed by atoms with Crippen molar-refractivity contribution in [2.45, 2.75) is 0 Å². The maximum atomic E-state index is 11.7. The predicted octanol–water partition coefficient (Wildman–Crippen LogP) is 0.793. The third kappa shape index (κ3) is 1.83. The highest BCUT2D eigenvalue weighted by molar-refractivity contribution is 5.85. The average molecular weight is 255 g/mol. The van der Waals surface area contributed by atoms with Gasteiger partial charge >= 0.3 is 17.4 Å². The van der Waals surface area contributed by atoms with Crippen molar-refractivity contribution in [1.82, 2.24) is 14.7 Å². The van der Waals surface area contributed by atoms with Crippen LogP contribution in [0.2, 0.25) is 0 Å². The number of ether oxygens (including phenoxy) is 1. The van der Waals surface area contributed by atoms with Gasteiger partial charge < -0.3 is 4.74 Å². The van der Waals surface area contributed by atoms with Gasteiger partial charge in [-0.05, 0) is 23.3 Å². The van der Waals surface area contributed by atoms with Gasteiger partial charge in [0, 0.05) is 6.07 Å². The first-order valence-corrected chi connectivity index (χ1v) is 5.71. The third-order valence-electron chi connectivity index (χ3n) is 2.71. The van der Waals surface area contributed by atoms with E-state index in [1.807, 2.05) is 36.4 Å². The summed E-state index contributed by atoms with van der Waals surface area (Å²) in [5.41, 5.74) is 1.54. The van der Waals surface area contributed by atoms with Crippen LogP contribution < -0.4 is 4.68 Å². The number of hydrogen-bond donors (Lipinski definition) is 0. The molecule has 0 atom stereocenters. The number of para-hydroxylation sites is 1. The van der Waals surface area contributed by atoms with E-state index >= 15 is 0 Å². The van der Waals surface area contributed by atoms with Crippen LogP contribution in [0.25, 0.3) is 11.3 Å². The van der Waals surface area contributed by atoms with Crippen molar-refractivity contribution in [2.24, 2.45) is 0 Å². The summed E-state index contributed by atoms with van der Waals surface area (Å²) in [6.45, 7) is 0. The Morgan fingerprint density at radius 3 is 2.74 bits per heavy atom. The van der Waals surface area contributed by atoms with Crippen LogP contribution in [-0.4, -0.2) is 27.8 Å². The second-order valence-corrected chi connectivity index (χ2v) is 3.86. The Kier molecular flexibility index (Phi) is 2.68. The molecule has 0 saturated carbocycles. The van der Waals surface area contributed by atoms with E-state index in [0.29, 0.717) is 5.65 Å². The number of aromatic nitrogens is 4. The lowest BCUT2D eigenvalue weighted by Crippen LogP contribution is -2.33. The van der Waals surface area contributed by atoms with E-state index in [1.54, 1.807) is 16.9 Å². The maximum Gasteiger partial charge on any atom is 0.404 e. The molecular formula is C13H11N4O2+. The zero-order valence-electron chi connectivity index (χ0n) is 10.2. The van der Waals surface area contributed by atoms with Crippen molar-refractivity contribution in [3.63, 3.8) is 0 Å². The highest BCUT2D eigenvalue weighted by Crippen LogP contribution is 2.05. The van der Waals surface area contributed by atoms with Crippen molar-refractivity contribution >= 4 is 11.6 Å². The summed E-state index contributed by atoms with van der Waals surface area (Å²) in [7, 11) is 1.32. The number of methoxy groups -OCH3 is 1. The van der Waals surface area contributed by atoms with Crippen LogP contribution in [0.4, 0.5) is 0 Å². The molecule has 0 aliphatic heterocycles. The molecule has 3 rings (SSSR count). The Hall–Kier alpha value is -2.76. The Morgan fingerprint density at radius 2 is 2.00 bits per heavy atom. The lowest BCUT2D eigenvalue weighted by Gasteiger charge is -1.92. The molecule has 19 heavy (non-hydrogen) atoms. The monoisotopic (exact) mass is 255 g/mol. The maximum absolute atomic E-state index is 11.7. The molecule has 0 fully saturated rings. The van der Waals surface area contributed by atoms with Gasteiger partial charge in [0.1, 0.15) is 0 Å². The first-order valence-electron chi connectivity index (χ1n) is 5.71. The fourth-order valence-electron chi connectivity index (χ4n) is 1.85. The van der Waals surface area contributed by atoms with E-state index in [-0.39, 0.29) is 5.82 Å². The summed E-state index contributed by atoms with van der Waals surface area (Å²) < 4.78 is 7.83. The van der Waals surface area contributed by atoms with Crippen molar-refractivity contribution < 1.29 is 14.2 Å². The summed E-state index contributed by atoms with van der Waals surface area (Å²) in [6.07, 6.45) is 1.59. The molecule has 0 radical (unpaired) electrons. The van der Waals surface area contributed by atoms with Gasteiger partial charge in [0.25, 0.3) is 0 Å². The molecule has 0 aliphatic rings. The van der Waals surface area contributed by atoms with Crippen LogP contribution >= 0.6 is 0 Å². The smallest absolute Gasteiger partial charge is 0.404 e. The highest BCUT2D eigenvalue weighted by atomic mass is 16.5. The van der Waals surface area contributed by atoms with Crippen molar-refractivity contribution in [3.8, 4) is 5.69 Å². The van der Waals surface area contributed by atoms with Gasteiger partial charge in [-0.3, -0.25) is 0 Å². The molecule has 6 heteroatoms. The predicted molar refractivity (Wildman–Crippen MR) is 65.9 cm³/mol. The molecule has 0 unspecified atom stereocenters. The molecular weight excluding hydrogens is 244 g/mol. The fraction of sp³-hybridized carbons (Fsp3) is 0.0769. The molecule has 6 nitrogen and oxygen atoms in total. The normalized spacial score (nSPS) is 10.6. The number of rotatable bonds is 2. The van der Waals surface area contributed by atoms with E-state index in [9.17, 15) is 4.79 Å². The van der Waals surface area contributed by atoms with Gasteiger partial charge in [0.15, 0.2) is 5.69 Å². The number of carbonyl (C=O) groups excluding carboxylic acids is 1. The number of carbonyl (C=O) groups is 1. The number of benzene rings is 1. The zero-order chi connectivity index (χ0) is 13.2. The summed E-state index contributed by atoms with van der Waals surface area (Å²) >= 11 is 0. The summed E-state index contributed by atoms with van der Waals surface area (Å²) in [5.74, 6) is -0.384. The average Bonchev–Trinajstić information content (AvgIpc) is 2.87. The van der Waals surface area contributed by atoms with Crippen molar-refractivity contribution in [2.75, 3.05) is 7.11 Å². The van der Waals surface area contributed by atoms with E-state index in [4.69, 9.17) is 4.74 Å².